The minimum absolute atomic E-state index is 0.139. The van der Waals surface area contributed by atoms with E-state index in [4.69, 9.17) is 4.74 Å². The number of aliphatic hydroxyl groups excluding tert-OH is 1. The van der Waals surface area contributed by atoms with Crippen LogP contribution in [0.5, 0.6) is 0 Å². The van der Waals surface area contributed by atoms with Crippen LogP contribution in [-0.2, 0) is 4.74 Å². The number of likely N-dealkylation sites (N-methyl/N-ethyl adjacent to an activating group) is 1. The zero-order valence-corrected chi connectivity index (χ0v) is 13.8. The zero-order valence-electron chi connectivity index (χ0n) is 13.8. The highest BCUT2D eigenvalue weighted by molar-refractivity contribution is 4.97. The smallest absolute Gasteiger partial charge is 0.0697 e. The lowest BCUT2D eigenvalue weighted by Gasteiger charge is -2.47. The Kier molecular flexibility index (Phi) is 4.89. The summed E-state index contributed by atoms with van der Waals surface area (Å²) in [6.07, 6.45) is 9.65. The van der Waals surface area contributed by atoms with Gasteiger partial charge in [0, 0.05) is 31.8 Å². The van der Waals surface area contributed by atoms with Crippen molar-refractivity contribution in [2.75, 3.05) is 33.8 Å². The first-order chi connectivity index (χ1) is 10.1. The van der Waals surface area contributed by atoms with Gasteiger partial charge in [-0.2, -0.15) is 0 Å². The van der Waals surface area contributed by atoms with Crippen LogP contribution in [0.4, 0.5) is 0 Å². The maximum atomic E-state index is 10.1. The maximum Gasteiger partial charge on any atom is 0.0697 e. The average molecular weight is 296 g/mol. The van der Waals surface area contributed by atoms with Gasteiger partial charge in [0.05, 0.1) is 11.7 Å². The van der Waals surface area contributed by atoms with Crippen molar-refractivity contribution in [3.63, 3.8) is 0 Å². The van der Waals surface area contributed by atoms with Gasteiger partial charge in [0.25, 0.3) is 0 Å². The van der Waals surface area contributed by atoms with E-state index in [1.807, 2.05) is 0 Å². The molecule has 2 saturated heterocycles. The van der Waals surface area contributed by atoms with Crippen LogP contribution in [0.1, 0.15) is 51.4 Å². The molecule has 21 heavy (non-hydrogen) atoms. The van der Waals surface area contributed by atoms with Gasteiger partial charge < -0.3 is 14.7 Å². The van der Waals surface area contributed by atoms with Crippen molar-refractivity contribution in [2.24, 2.45) is 0 Å². The molecule has 4 heteroatoms. The van der Waals surface area contributed by atoms with Crippen molar-refractivity contribution in [3.8, 4) is 0 Å². The van der Waals surface area contributed by atoms with Gasteiger partial charge in [-0.3, -0.25) is 4.90 Å². The minimum atomic E-state index is -0.139. The summed E-state index contributed by atoms with van der Waals surface area (Å²) in [6, 6.07) is 1.12. The lowest BCUT2D eigenvalue weighted by Crippen LogP contribution is -2.52. The van der Waals surface area contributed by atoms with Crippen molar-refractivity contribution in [2.45, 2.75) is 75.2 Å². The van der Waals surface area contributed by atoms with E-state index >= 15 is 0 Å². The van der Waals surface area contributed by atoms with E-state index in [0.29, 0.717) is 12.1 Å². The minimum Gasteiger partial charge on any atom is -0.392 e. The summed E-state index contributed by atoms with van der Waals surface area (Å²) in [5.41, 5.74) is 0.164. The van der Waals surface area contributed by atoms with Gasteiger partial charge in [-0.15, -0.1) is 0 Å². The summed E-state index contributed by atoms with van der Waals surface area (Å²) in [7, 11) is 4.27. The van der Waals surface area contributed by atoms with E-state index < -0.39 is 0 Å². The molecule has 0 amide bonds. The Hall–Kier alpha value is -0.160. The molecule has 0 bridgehead atoms. The third-order valence-corrected chi connectivity index (χ3v) is 5.71. The molecule has 0 aromatic carbocycles. The quantitative estimate of drug-likeness (QED) is 0.862. The average Bonchev–Trinajstić information content (AvgIpc) is 2.80. The molecule has 0 aromatic heterocycles. The van der Waals surface area contributed by atoms with Crippen LogP contribution in [0, 0.1) is 0 Å². The van der Waals surface area contributed by atoms with Crippen molar-refractivity contribution in [1.29, 1.82) is 0 Å². The largest absolute Gasteiger partial charge is 0.392 e. The molecule has 1 saturated carbocycles. The Labute approximate surface area is 129 Å². The molecule has 1 aliphatic carbocycles. The predicted octanol–water partition coefficient (Wildman–Crippen LogP) is 1.87. The molecule has 122 valence electrons. The first-order valence-electron chi connectivity index (χ1n) is 8.80. The van der Waals surface area contributed by atoms with E-state index in [0.717, 1.165) is 32.5 Å². The molecule has 1 N–H and O–H groups in total. The Morgan fingerprint density at radius 3 is 2.71 bits per heavy atom. The molecule has 2 heterocycles. The first kappa shape index (κ1) is 15.7. The third-order valence-electron chi connectivity index (χ3n) is 5.71. The fraction of sp³-hybridized carbons (Fsp3) is 1.00. The van der Waals surface area contributed by atoms with Crippen LogP contribution < -0.4 is 0 Å². The molecule has 4 nitrogen and oxygen atoms in total. The molecule has 0 aromatic rings. The van der Waals surface area contributed by atoms with Crippen LogP contribution in [0.25, 0.3) is 0 Å². The normalized spacial score (nSPS) is 37.4. The molecule has 3 aliphatic rings. The van der Waals surface area contributed by atoms with Gasteiger partial charge in [0.1, 0.15) is 0 Å². The Balaban J connectivity index is 1.66. The highest BCUT2D eigenvalue weighted by atomic mass is 16.5. The topological polar surface area (TPSA) is 35.9 Å². The number of hydrogen-bond donors (Lipinski definition) is 1. The van der Waals surface area contributed by atoms with Gasteiger partial charge in [-0.1, -0.05) is 19.3 Å². The second-order valence-electron chi connectivity index (χ2n) is 7.74. The fourth-order valence-corrected chi connectivity index (χ4v) is 4.79. The first-order valence-corrected chi connectivity index (χ1v) is 8.80. The molecule has 1 spiro atoms. The highest BCUT2D eigenvalue weighted by Crippen LogP contribution is 2.41. The van der Waals surface area contributed by atoms with Crippen molar-refractivity contribution in [1.82, 2.24) is 9.80 Å². The van der Waals surface area contributed by atoms with E-state index in [1.165, 1.54) is 38.5 Å². The number of hydrogen-bond acceptors (Lipinski definition) is 4. The molecular weight excluding hydrogens is 264 g/mol. The summed E-state index contributed by atoms with van der Waals surface area (Å²) in [5.74, 6) is 0. The molecule has 3 unspecified atom stereocenters. The van der Waals surface area contributed by atoms with Crippen LogP contribution in [0.15, 0.2) is 0 Å². The Morgan fingerprint density at radius 2 is 2.00 bits per heavy atom. The third kappa shape index (κ3) is 3.61. The monoisotopic (exact) mass is 296 g/mol. The molecule has 0 radical (unpaired) electrons. The van der Waals surface area contributed by atoms with Crippen molar-refractivity contribution < 1.29 is 9.84 Å². The summed E-state index contributed by atoms with van der Waals surface area (Å²) in [5, 5.41) is 10.1. The van der Waals surface area contributed by atoms with Crippen molar-refractivity contribution in [3.05, 3.63) is 0 Å². The highest BCUT2D eigenvalue weighted by Gasteiger charge is 2.43. The van der Waals surface area contributed by atoms with Crippen LogP contribution in [0.2, 0.25) is 0 Å². The Morgan fingerprint density at radius 1 is 1.24 bits per heavy atom. The van der Waals surface area contributed by atoms with Crippen LogP contribution in [-0.4, -0.2) is 72.5 Å². The number of ether oxygens (including phenoxy) is 1. The standard InChI is InChI=1S/C17H32N2O2/c1-18(2)12-15-10-16(20)13-19(15)14-6-9-21-17(11-14)7-4-3-5-8-17/h14-16,20H,3-13H2,1-2H3. The van der Waals surface area contributed by atoms with E-state index in [9.17, 15) is 5.11 Å². The predicted molar refractivity (Wildman–Crippen MR) is 84.5 cm³/mol. The summed E-state index contributed by atoms with van der Waals surface area (Å²) in [6.45, 7) is 2.83. The second-order valence-corrected chi connectivity index (χ2v) is 7.74. The van der Waals surface area contributed by atoms with Gasteiger partial charge in [-0.05, 0) is 46.2 Å². The van der Waals surface area contributed by atoms with Crippen molar-refractivity contribution >= 4 is 0 Å². The van der Waals surface area contributed by atoms with Crippen LogP contribution in [0.3, 0.4) is 0 Å². The van der Waals surface area contributed by atoms with E-state index in [1.54, 1.807) is 0 Å². The number of β-amino-alcohol motifs (C(OH)–C–C–N with tert-alkyl or cyclic N) is 1. The lowest BCUT2D eigenvalue weighted by atomic mass is 9.78. The van der Waals surface area contributed by atoms with Gasteiger partial charge >= 0.3 is 0 Å². The van der Waals surface area contributed by atoms with E-state index in [2.05, 4.69) is 23.9 Å². The van der Waals surface area contributed by atoms with E-state index in [-0.39, 0.29) is 11.7 Å². The SMILES string of the molecule is CN(C)CC1CC(O)CN1C1CCOC2(CCCCC2)C1. The summed E-state index contributed by atoms with van der Waals surface area (Å²) < 4.78 is 6.24. The second kappa shape index (κ2) is 6.53. The van der Waals surface area contributed by atoms with Gasteiger partial charge in [0.15, 0.2) is 0 Å². The van der Waals surface area contributed by atoms with Gasteiger partial charge in [-0.25, -0.2) is 0 Å². The number of nitrogens with zero attached hydrogens (tertiary/aromatic N) is 2. The lowest BCUT2D eigenvalue weighted by molar-refractivity contribution is -0.126. The molecule has 3 fully saturated rings. The van der Waals surface area contributed by atoms with Crippen LogP contribution >= 0.6 is 0 Å². The molecule has 3 atom stereocenters. The Bertz CT molecular complexity index is 336. The van der Waals surface area contributed by atoms with Gasteiger partial charge in [0.2, 0.25) is 0 Å². The molecular formula is C17H32N2O2. The summed E-state index contributed by atoms with van der Waals surface area (Å²) >= 11 is 0. The summed E-state index contributed by atoms with van der Waals surface area (Å²) in [4.78, 5) is 4.86. The molecule has 2 aliphatic heterocycles. The number of aliphatic hydroxyl groups is 1. The zero-order chi connectivity index (χ0) is 14.9. The number of rotatable bonds is 3. The number of likely N-dealkylation sites (tertiary alicyclic amines) is 1. The molecule has 3 rings (SSSR count). The maximum absolute atomic E-state index is 10.1. The fourth-order valence-electron chi connectivity index (χ4n) is 4.79.